The quantitative estimate of drug-likeness (QED) is 0.517. The number of hydrogen-bond donors (Lipinski definition) is 2. The summed E-state index contributed by atoms with van der Waals surface area (Å²) in [6, 6.07) is 10.4. The maximum atomic E-state index is 13.4. The van der Waals surface area contributed by atoms with E-state index in [9.17, 15) is 23.1 Å². The second-order valence-corrected chi connectivity index (χ2v) is 10.7. The van der Waals surface area contributed by atoms with Gasteiger partial charge >= 0.3 is 5.69 Å². The number of hydrogen-bond acceptors (Lipinski definition) is 6. The zero-order valence-electron chi connectivity index (χ0n) is 17.7. The molecule has 1 fully saturated rings. The molecule has 11 heteroatoms. The molecule has 2 heterocycles. The molecule has 0 saturated carbocycles. The van der Waals surface area contributed by atoms with Gasteiger partial charge < -0.3 is 9.84 Å². The monoisotopic (exact) mass is 535 g/mol. The van der Waals surface area contributed by atoms with Crippen molar-refractivity contribution in [2.75, 3.05) is 13.1 Å². The maximum Gasteiger partial charge on any atom is 0.328 e. The highest BCUT2D eigenvalue weighted by molar-refractivity contribution is 9.10. The molecule has 1 aliphatic heterocycles. The molecule has 0 unspecified atom stereocenters. The van der Waals surface area contributed by atoms with E-state index in [1.165, 1.54) is 33.3 Å². The van der Waals surface area contributed by atoms with Crippen LogP contribution in [0.3, 0.4) is 0 Å². The van der Waals surface area contributed by atoms with E-state index < -0.39 is 27.3 Å². The number of phenolic OH excluding ortho intramolecular Hbond substituents is 1. The van der Waals surface area contributed by atoms with Gasteiger partial charge in [-0.05, 0) is 50.1 Å². The summed E-state index contributed by atoms with van der Waals surface area (Å²) in [5.74, 6) is 0.246. The summed E-state index contributed by atoms with van der Waals surface area (Å²) in [5.41, 5.74) is -0.648. The minimum atomic E-state index is -3.93. The van der Waals surface area contributed by atoms with Crippen molar-refractivity contribution < 1.29 is 18.3 Å². The molecule has 0 spiro atoms. The smallest absolute Gasteiger partial charge is 0.328 e. The molecule has 33 heavy (non-hydrogen) atoms. The Kier molecular flexibility index (Phi) is 6.46. The number of aryl methyl sites for hydroxylation is 1. The maximum absolute atomic E-state index is 13.4. The van der Waals surface area contributed by atoms with Gasteiger partial charge in [0.1, 0.15) is 5.75 Å². The third-order valence-electron chi connectivity index (χ3n) is 5.49. The Morgan fingerprint density at radius 2 is 1.97 bits per heavy atom. The molecule has 0 aliphatic carbocycles. The second-order valence-electron chi connectivity index (χ2n) is 7.83. The number of halogens is 1. The fourth-order valence-corrected chi connectivity index (χ4v) is 5.68. The standard InChI is InChI=1S/C22H22BrN3O6S/c1-14-12-26(22(29)24-21(14)28)16-5-3-9-25(13-16)33(30,31)18-7-8-19(27)20(11-18)32-17-6-2-4-15(23)10-17/h2,4,6-8,10-12,16,27H,3,5,9,13H2,1H3,(H,24,28,29)/t16-/m0/s1. The predicted molar refractivity (Wildman–Crippen MR) is 125 cm³/mol. The highest BCUT2D eigenvalue weighted by Gasteiger charge is 2.32. The molecule has 3 aromatic rings. The minimum Gasteiger partial charge on any atom is -0.504 e. The number of aromatic amines is 1. The van der Waals surface area contributed by atoms with Gasteiger partial charge in [-0.25, -0.2) is 13.2 Å². The number of rotatable bonds is 5. The highest BCUT2D eigenvalue weighted by atomic mass is 79.9. The van der Waals surface area contributed by atoms with Crippen LogP contribution in [0.5, 0.6) is 17.2 Å². The highest BCUT2D eigenvalue weighted by Crippen LogP contribution is 2.35. The van der Waals surface area contributed by atoms with Crippen LogP contribution in [0.4, 0.5) is 0 Å². The number of aromatic hydroxyl groups is 1. The molecule has 1 aliphatic rings. The second kappa shape index (κ2) is 9.16. The lowest BCUT2D eigenvalue weighted by Crippen LogP contribution is -2.44. The summed E-state index contributed by atoms with van der Waals surface area (Å²) in [7, 11) is -3.93. The number of H-pyrrole nitrogens is 1. The van der Waals surface area contributed by atoms with Crippen molar-refractivity contribution in [3.63, 3.8) is 0 Å². The fraction of sp³-hybridized carbons (Fsp3) is 0.273. The molecule has 1 saturated heterocycles. The molecule has 0 bridgehead atoms. The first-order valence-electron chi connectivity index (χ1n) is 10.2. The zero-order chi connectivity index (χ0) is 23.8. The van der Waals surface area contributed by atoms with Crippen molar-refractivity contribution in [1.29, 1.82) is 0 Å². The number of aromatic nitrogens is 2. The summed E-state index contributed by atoms with van der Waals surface area (Å²) >= 11 is 3.34. The van der Waals surface area contributed by atoms with Gasteiger partial charge in [0.05, 0.1) is 10.9 Å². The van der Waals surface area contributed by atoms with E-state index >= 15 is 0 Å². The van der Waals surface area contributed by atoms with E-state index in [4.69, 9.17) is 4.74 Å². The van der Waals surface area contributed by atoms with Crippen molar-refractivity contribution in [1.82, 2.24) is 13.9 Å². The molecular formula is C22H22BrN3O6S. The van der Waals surface area contributed by atoms with Crippen LogP contribution in [0.25, 0.3) is 0 Å². The lowest BCUT2D eigenvalue weighted by molar-refractivity contribution is 0.260. The van der Waals surface area contributed by atoms with Gasteiger partial charge in [-0.2, -0.15) is 4.31 Å². The minimum absolute atomic E-state index is 0.00946. The number of piperidine rings is 1. The third kappa shape index (κ3) is 4.90. The van der Waals surface area contributed by atoms with Crippen LogP contribution in [0.15, 0.2) is 67.6 Å². The molecule has 0 amide bonds. The van der Waals surface area contributed by atoms with Gasteiger partial charge in [-0.15, -0.1) is 0 Å². The Morgan fingerprint density at radius 1 is 1.18 bits per heavy atom. The van der Waals surface area contributed by atoms with E-state index in [-0.39, 0.29) is 22.9 Å². The number of phenols is 1. The normalized spacial score (nSPS) is 17.1. The number of ether oxygens (including phenoxy) is 1. The first-order valence-corrected chi connectivity index (χ1v) is 12.5. The SMILES string of the molecule is Cc1cn([C@H]2CCCN(S(=O)(=O)c3ccc(O)c(Oc4cccc(Br)c4)c3)C2)c(=O)[nH]c1=O. The molecule has 1 atom stereocenters. The van der Waals surface area contributed by atoms with Crippen LogP contribution >= 0.6 is 15.9 Å². The summed E-state index contributed by atoms with van der Waals surface area (Å²) in [6.45, 7) is 1.96. The Bertz CT molecular complexity index is 1420. The lowest BCUT2D eigenvalue weighted by atomic mass is 10.1. The number of sulfonamides is 1. The molecule has 4 rings (SSSR count). The van der Waals surface area contributed by atoms with E-state index in [1.807, 2.05) is 6.07 Å². The summed E-state index contributed by atoms with van der Waals surface area (Å²) in [5, 5.41) is 10.2. The average Bonchev–Trinajstić information content (AvgIpc) is 2.78. The zero-order valence-corrected chi connectivity index (χ0v) is 20.1. The Hall–Kier alpha value is -2.89. The Balaban J connectivity index is 1.62. The molecule has 9 nitrogen and oxygen atoms in total. The van der Waals surface area contributed by atoms with Crippen molar-refractivity contribution >= 4 is 26.0 Å². The lowest BCUT2D eigenvalue weighted by Gasteiger charge is -2.32. The van der Waals surface area contributed by atoms with Crippen LogP contribution in [0, 0.1) is 6.92 Å². The van der Waals surface area contributed by atoms with Crippen molar-refractivity contribution in [2.45, 2.75) is 30.7 Å². The summed E-state index contributed by atoms with van der Waals surface area (Å²) < 4.78 is 35.9. The van der Waals surface area contributed by atoms with Crippen LogP contribution in [0.1, 0.15) is 24.4 Å². The Morgan fingerprint density at radius 3 is 2.73 bits per heavy atom. The molecule has 174 valence electrons. The first kappa shape index (κ1) is 23.3. The van der Waals surface area contributed by atoms with Crippen molar-refractivity contribution in [2.24, 2.45) is 0 Å². The first-order chi connectivity index (χ1) is 15.6. The van der Waals surface area contributed by atoms with E-state index in [0.29, 0.717) is 30.7 Å². The van der Waals surface area contributed by atoms with Crippen LogP contribution < -0.4 is 16.0 Å². The van der Waals surface area contributed by atoms with E-state index in [1.54, 1.807) is 25.1 Å². The fourth-order valence-electron chi connectivity index (χ4n) is 3.77. The van der Waals surface area contributed by atoms with Gasteiger partial charge in [0, 0.05) is 35.4 Å². The largest absolute Gasteiger partial charge is 0.504 e. The van der Waals surface area contributed by atoms with Crippen LogP contribution in [-0.4, -0.2) is 40.5 Å². The van der Waals surface area contributed by atoms with E-state index in [0.717, 1.165) is 4.47 Å². The van der Waals surface area contributed by atoms with Gasteiger partial charge in [0.2, 0.25) is 10.0 Å². The Labute approximate surface area is 198 Å². The average molecular weight is 536 g/mol. The van der Waals surface area contributed by atoms with Gasteiger partial charge in [-0.1, -0.05) is 22.0 Å². The van der Waals surface area contributed by atoms with Crippen LogP contribution in [-0.2, 0) is 10.0 Å². The van der Waals surface area contributed by atoms with Gasteiger partial charge in [-0.3, -0.25) is 14.3 Å². The van der Waals surface area contributed by atoms with Crippen LogP contribution in [0.2, 0.25) is 0 Å². The van der Waals surface area contributed by atoms with Crippen molar-refractivity contribution in [3.05, 3.63) is 79.5 Å². The summed E-state index contributed by atoms with van der Waals surface area (Å²) in [6.07, 6.45) is 2.62. The molecular weight excluding hydrogens is 514 g/mol. The number of nitrogens with zero attached hydrogens (tertiary/aromatic N) is 2. The molecule has 2 N–H and O–H groups in total. The topological polar surface area (TPSA) is 122 Å². The van der Waals surface area contributed by atoms with E-state index in [2.05, 4.69) is 20.9 Å². The molecule has 0 radical (unpaired) electrons. The summed E-state index contributed by atoms with van der Waals surface area (Å²) in [4.78, 5) is 26.2. The number of benzene rings is 2. The van der Waals surface area contributed by atoms with Gasteiger partial charge in [0.25, 0.3) is 5.56 Å². The molecule has 1 aromatic heterocycles. The van der Waals surface area contributed by atoms with Crippen molar-refractivity contribution in [3.8, 4) is 17.2 Å². The molecule has 2 aromatic carbocycles. The predicted octanol–water partition coefficient (Wildman–Crippen LogP) is 3.13. The third-order valence-corrected chi connectivity index (χ3v) is 7.85. The number of nitrogens with one attached hydrogen (secondary N) is 1. The van der Waals surface area contributed by atoms with Gasteiger partial charge in [0.15, 0.2) is 11.5 Å².